The van der Waals surface area contributed by atoms with Gasteiger partial charge in [0.15, 0.2) is 0 Å². The minimum atomic E-state index is -1.11. The first-order valence-electron chi connectivity index (χ1n) is 14.2. The number of carbonyl (C=O) groups excluding carboxylic acids is 4. The van der Waals surface area contributed by atoms with Crippen LogP contribution in [0.15, 0.2) is 36.4 Å². The number of hydrogen-bond donors (Lipinski definition) is 3. The van der Waals surface area contributed by atoms with E-state index in [1.54, 1.807) is 25.7 Å². The average molecular weight is 565 g/mol. The number of nitrogens with zero attached hydrogens (tertiary/aromatic N) is 1. The molecule has 2 atom stereocenters. The number of ether oxygens (including phenoxy) is 1. The van der Waals surface area contributed by atoms with Crippen molar-refractivity contribution in [2.45, 2.75) is 104 Å². The Kier molecular flexibility index (Phi) is 10.2. The molecule has 0 radical (unpaired) electrons. The van der Waals surface area contributed by atoms with Crippen LogP contribution in [-0.4, -0.2) is 46.4 Å². The third-order valence-electron chi connectivity index (χ3n) is 7.46. The number of anilines is 1. The zero-order chi connectivity index (χ0) is 30.5. The number of rotatable bonds is 10. The highest BCUT2D eigenvalue weighted by atomic mass is 16.6. The Morgan fingerprint density at radius 1 is 0.951 bits per heavy atom. The van der Waals surface area contributed by atoms with E-state index in [1.807, 2.05) is 64.1 Å². The van der Waals surface area contributed by atoms with Crippen molar-refractivity contribution in [2.75, 3.05) is 5.32 Å². The van der Waals surface area contributed by atoms with Gasteiger partial charge in [-0.1, -0.05) is 36.4 Å². The minimum absolute atomic E-state index is 0.0192. The lowest BCUT2D eigenvalue weighted by Crippen LogP contribution is -2.57. The van der Waals surface area contributed by atoms with Gasteiger partial charge in [0.2, 0.25) is 11.8 Å². The molecule has 41 heavy (non-hydrogen) atoms. The van der Waals surface area contributed by atoms with Crippen molar-refractivity contribution >= 4 is 29.5 Å². The second-order valence-electron chi connectivity index (χ2n) is 12.0. The number of primary amides is 1. The van der Waals surface area contributed by atoms with Crippen LogP contribution in [-0.2, 0) is 19.1 Å². The SMILES string of the molecule is Cc1cccc(C)c1NC(=O)C(c1c(C)cccc1C)N(C(=O)C(CCC(N)=O)NC(=O)OC(C)(C)C)C1CCC1. The summed E-state index contributed by atoms with van der Waals surface area (Å²) in [6, 6.07) is 9.26. The molecule has 4 amide bonds. The highest BCUT2D eigenvalue weighted by molar-refractivity contribution is 6.00. The van der Waals surface area contributed by atoms with Gasteiger partial charge in [-0.3, -0.25) is 14.4 Å². The maximum absolute atomic E-state index is 14.4. The summed E-state index contributed by atoms with van der Waals surface area (Å²) in [6.45, 7) is 12.9. The molecule has 9 nitrogen and oxygen atoms in total. The topological polar surface area (TPSA) is 131 Å². The Balaban J connectivity index is 2.11. The van der Waals surface area contributed by atoms with E-state index >= 15 is 0 Å². The second kappa shape index (κ2) is 13.2. The molecule has 0 bridgehead atoms. The molecular formula is C32H44N4O5. The molecular weight excluding hydrogens is 520 g/mol. The number of amides is 4. The normalized spacial score (nSPS) is 14.8. The number of para-hydroxylation sites is 1. The van der Waals surface area contributed by atoms with Crippen LogP contribution in [0.4, 0.5) is 10.5 Å². The molecule has 3 rings (SSSR count). The van der Waals surface area contributed by atoms with Crippen molar-refractivity contribution in [3.8, 4) is 0 Å². The molecule has 0 saturated heterocycles. The van der Waals surface area contributed by atoms with Crippen LogP contribution in [0.5, 0.6) is 0 Å². The maximum Gasteiger partial charge on any atom is 0.408 e. The number of alkyl carbamates (subject to hydrolysis) is 1. The third-order valence-corrected chi connectivity index (χ3v) is 7.46. The molecule has 2 unspecified atom stereocenters. The first-order valence-corrected chi connectivity index (χ1v) is 14.2. The minimum Gasteiger partial charge on any atom is -0.444 e. The number of carbonyl (C=O) groups is 4. The molecule has 1 fully saturated rings. The van der Waals surface area contributed by atoms with Crippen molar-refractivity contribution in [3.05, 3.63) is 64.2 Å². The van der Waals surface area contributed by atoms with Gasteiger partial charge in [-0.05, 0) is 102 Å². The molecule has 0 heterocycles. The molecule has 1 saturated carbocycles. The Labute approximate surface area is 243 Å². The molecule has 0 spiro atoms. The lowest BCUT2D eigenvalue weighted by Gasteiger charge is -2.44. The third kappa shape index (κ3) is 8.08. The van der Waals surface area contributed by atoms with E-state index in [2.05, 4.69) is 10.6 Å². The van der Waals surface area contributed by atoms with E-state index in [9.17, 15) is 19.2 Å². The Morgan fingerprint density at radius 3 is 1.95 bits per heavy atom. The fourth-order valence-electron chi connectivity index (χ4n) is 5.21. The summed E-state index contributed by atoms with van der Waals surface area (Å²) in [5.41, 5.74) is 9.64. The number of nitrogens with one attached hydrogen (secondary N) is 2. The maximum atomic E-state index is 14.4. The van der Waals surface area contributed by atoms with Gasteiger partial charge in [0.05, 0.1) is 0 Å². The summed E-state index contributed by atoms with van der Waals surface area (Å²) < 4.78 is 5.43. The highest BCUT2D eigenvalue weighted by Crippen LogP contribution is 2.37. The first-order chi connectivity index (χ1) is 19.2. The number of hydrogen-bond acceptors (Lipinski definition) is 5. The van der Waals surface area contributed by atoms with Gasteiger partial charge in [-0.2, -0.15) is 0 Å². The van der Waals surface area contributed by atoms with Gasteiger partial charge in [0.1, 0.15) is 17.7 Å². The summed E-state index contributed by atoms with van der Waals surface area (Å²) in [5, 5.41) is 5.77. The standard InChI is InChI=1S/C32H44N4O5/c1-19-11-8-12-20(2)26(19)28(29(38)35-27-21(3)13-9-14-22(27)4)36(23-15-10-16-23)30(39)24(17-18-25(33)37)34-31(40)41-32(5,6)7/h8-9,11-14,23-24,28H,10,15-18H2,1-7H3,(H2,33,37)(H,34,40)(H,35,38). The average Bonchev–Trinajstić information content (AvgIpc) is 2.82. The zero-order valence-electron chi connectivity index (χ0n) is 25.3. The number of aryl methyl sites for hydroxylation is 4. The van der Waals surface area contributed by atoms with Gasteiger partial charge in [-0.25, -0.2) is 4.79 Å². The lowest BCUT2D eigenvalue weighted by molar-refractivity contribution is -0.146. The summed E-state index contributed by atoms with van der Waals surface area (Å²) >= 11 is 0. The fourth-order valence-corrected chi connectivity index (χ4v) is 5.21. The van der Waals surface area contributed by atoms with Crippen molar-refractivity contribution in [1.82, 2.24) is 10.2 Å². The summed E-state index contributed by atoms with van der Waals surface area (Å²) in [6.07, 6.45) is 1.44. The van der Waals surface area contributed by atoms with E-state index in [0.29, 0.717) is 5.69 Å². The number of benzene rings is 2. The van der Waals surface area contributed by atoms with Crippen LogP contribution >= 0.6 is 0 Å². The predicted molar refractivity (Wildman–Crippen MR) is 159 cm³/mol. The smallest absolute Gasteiger partial charge is 0.408 e. The molecule has 2 aromatic rings. The van der Waals surface area contributed by atoms with Crippen molar-refractivity contribution < 1.29 is 23.9 Å². The monoisotopic (exact) mass is 564 g/mol. The summed E-state index contributed by atoms with van der Waals surface area (Å²) in [5.74, 6) is -1.39. The Hall–Kier alpha value is -3.88. The Morgan fingerprint density at radius 2 is 1.49 bits per heavy atom. The molecule has 4 N–H and O–H groups in total. The van der Waals surface area contributed by atoms with Gasteiger partial charge in [0.25, 0.3) is 5.91 Å². The van der Waals surface area contributed by atoms with E-state index in [0.717, 1.165) is 47.1 Å². The van der Waals surface area contributed by atoms with Crippen LogP contribution in [0.25, 0.3) is 0 Å². The largest absolute Gasteiger partial charge is 0.444 e. The fraction of sp³-hybridized carbons (Fsp3) is 0.500. The van der Waals surface area contributed by atoms with E-state index in [1.165, 1.54) is 0 Å². The molecule has 1 aliphatic carbocycles. The van der Waals surface area contributed by atoms with Crippen molar-refractivity contribution in [3.63, 3.8) is 0 Å². The Bertz CT molecular complexity index is 1250. The van der Waals surface area contributed by atoms with Gasteiger partial charge >= 0.3 is 6.09 Å². The molecule has 0 aromatic heterocycles. The van der Waals surface area contributed by atoms with Crippen LogP contribution < -0.4 is 16.4 Å². The highest BCUT2D eigenvalue weighted by Gasteiger charge is 2.43. The van der Waals surface area contributed by atoms with Crippen molar-refractivity contribution in [1.29, 1.82) is 0 Å². The molecule has 1 aliphatic rings. The summed E-state index contributed by atoms with van der Waals surface area (Å²) in [7, 11) is 0. The molecule has 9 heteroatoms. The number of nitrogens with two attached hydrogens (primary N) is 1. The van der Waals surface area contributed by atoms with Gasteiger partial charge < -0.3 is 26.0 Å². The molecule has 2 aromatic carbocycles. The van der Waals surface area contributed by atoms with E-state index < -0.39 is 35.6 Å². The zero-order valence-corrected chi connectivity index (χ0v) is 25.3. The van der Waals surface area contributed by atoms with Crippen molar-refractivity contribution in [2.24, 2.45) is 5.73 Å². The van der Waals surface area contributed by atoms with E-state index in [4.69, 9.17) is 10.5 Å². The van der Waals surface area contributed by atoms with Crippen LogP contribution in [0.2, 0.25) is 0 Å². The summed E-state index contributed by atoms with van der Waals surface area (Å²) in [4.78, 5) is 54.9. The lowest BCUT2D eigenvalue weighted by atomic mass is 9.86. The quantitative estimate of drug-likeness (QED) is 0.368. The van der Waals surface area contributed by atoms with Crippen LogP contribution in [0, 0.1) is 27.7 Å². The molecule has 222 valence electrons. The van der Waals surface area contributed by atoms with Crippen LogP contribution in [0.1, 0.15) is 86.7 Å². The molecule has 0 aliphatic heterocycles. The van der Waals surface area contributed by atoms with Gasteiger partial charge in [-0.15, -0.1) is 0 Å². The first kappa shape index (κ1) is 31.6. The second-order valence-corrected chi connectivity index (χ2v) is 12.0. The predicted octanol–water partition coefficient (Wildman–Crippen LogP) is 5.14. The van der Waals surface area contributed by atoms with Crippen LogP contribution in [0.3, 0.4) is 0 Å². The van der Waals surface area contributed by atoms with E-state index in [-0.39, 0.29) is 24.8 Å². The van der Waals surface area contributed by atoms with Gasteiger partial charge in [0, 0.05) is 18.2 Å².